The highest BCUT2D eigenvalue weighted by Crippen LogP contribution is 2.15. The summed E-state index contributed by atoms with van der Waals surface area (Å²) in [6.07, 6.45) is 0. The maximum Gasteiger partial charge on any atom is 0.333 e. The molecule has 0 unspecified atom stereocenters. The van der Waals surface area contributed by atoms with Crippen LogP contribution in [-0.4, -0.2) is 15.0 Å². The van der Waals surface area contributed by atoms with Crippen molar-refractivity contribution >= 4 is 22.6 Å². The van der Waals surface area contributed by atoms with Crippen molar-refractivity contribution in [3.05, 3.63) is 41.3 Å². The van der Waals surface area contributed by atoms with Crippen LogP contribution in [0.3, 0.4) is 0 Å². The minimum atomic E-state index is -0.214. The third-order valence-electron chi connectivity index (χ3n) is 2.55. The van der Waals surface area contributed by atoms with Gasteiger partial charge in [0.05, 0.1) is 17.6 Å². The molecule has 0 saturated heterocycles. The van der Waals surface area contributed by atoms with Gasteiger partial charge >= 0.3 is 5.69 Å². The number of nitrogens with one attached hydrogen (secondary N) is 1. The minimum absolute atomic E-state index is 0.0447. The van der Waals surface area contributed by atoms with E-state index in [4.69, 9.17) is 11.1 Å². The number of hydrogen-bond acceptors (Lipinski definition) is 2. The Kier molecular flexibility index (Phi) is 2.59. The Labute approximate surface area is 98.3 Å². The fourth-order valence-corrected chi connectivity index (χ4v) is 1.90. The zero-order chi connectivity index (χ0) is 12.6. The number of nitrogens with two attached hydrogens (primary N) is 1. The third-order valence-corrected chi connectivity index (χ3v) is 2.55. The van der Waals surface area contributed by atoms with E-state index in [0.717, 1.165) is 11.0 Å². The Morgan fingerprint density at radius 1 is 1.41 bits per heavy atom. The number of benzene rings is 1. The van der Waals surface area contributed by atoms with Crippen LogP contribution < -0.4 is 11.4 Å². The molecule has 2 aromatic rings. The average molecular weight is 230 g/mol. The van der Waals surface area contributed by atoms with E-state index < -0.39 is 0 Å². The molecule has 1 aromatic heterocycles. The second kappa shape index (κ2) is 3.93. The molecule has 0 aliphatic heterocycles. The lowest BCUT2D eigenvalue weighted by Gasteiger charge is -2.00. The summed E-state index contributed by atoms with van der Waals surface area (Å²) in [5.74, 6) is -0.0447. The Balaban J connectivity index is 2.84. The number of allylic oxidation sites excluding steroid dienone is 1. The summed E-state index contributed by atoms with van der Waals surface area (Å²) >= 11 is 0. The number of para-hydroxylation sites is 2. The zero-order valence-electron chi connectivity index (χ0n) is 9.60. The molecule has 0 saturated carbocycles. The van der Waals surface area contributed by atoms with Crippen molar-refractivity contribution in [2.45, 2.75) is 13.5 Å². The molecule has 0 aliphatic rings. The van der Waals surface area contributed by atoms with Gasteiger partial charge in [-0.1, -0.05) is 18.7 Å². The summed E-state index contributed by atoms with van der Waals surface area (Å²) in [5.41, 5.74) is 7.34. The van der Waals surface area contributed by atoms with Gasteiger partial charge in [0.2, 0.25) is 0 Å². The van der Waals surface area contributed by atoms with Gasteiger partial charge in [0, 0.05) is 5.70 Å². The maximum absolute atomic E-state index is 12.2. The maximum atomic E-state index is 12.2. The molecular weight excluding hydrogens is 216 g/mol. The Morgan fingerprint density at radius 3 is 2.53 bits per heavy atom. The van der Waals surface area contributed by atoms with Crippen LogP contribution in [0.1, 0.15) is 6.92 Å². The summed E-state index contributed by atoms with van der Waals surface area (Å²) in [7, 11) is 0. The Morgan fingerprint density at radius 2 is 2.00 bits per heavy atom. The molecule has 0 aliphatic carbocycles. The van der Waals surface area contributed by atoms with E-state index in [1.165, 1.54) is 9.13 Å². The molecule has 0 spiro atoms. The number of nitrogens with zero attached hydrogens (tertiary/aromatic N) is 2. The summed E-state index contributed by atoms with van der Waals surface area (Å²) < 4.78 is 3.00. The largest absolute Gasteiger partial charge is 0.386 e. The zero-order valence-corrected chi connectivity index (χ0v) is 9.60. The molecule has 0 bridgehead atoms. The molecule has 0 radical (unpaired) electrons. The lowest BCUT2D eigenvalue weighted by molar-refractivity contribution is 0.800. The van der Waals surface area contributed by atoms with E-state index >= 15 is 0 Å². The number of amidine groups is 1. The molecular formula is C12H14N4O. The highest BCUT2D eigenvalue weighted by Gasteiger charge is 2.13. The first-order valence-electron chi connectivity index (χ1n) is 5.21. The van der Waals surface area contributed by atoms with Crippen LogP contribution in [0, 0.1) is 5.41 Å². The van der Waals surface area contributed by atoms with Crippen LogP contribution in [0.4, 0.5) is 0 Å². The van der Waals surface area contributed by atoms with E-state index in [-0.39, 0.29) is 18.1 Å². The minimum Gasteiger partial charge on any atom is -0.386 e. The van der Waals surface area contributed by atoms with Crippen molar-refractivity contribution in [1.29, 1.82) is 5.41 Å². The highest BCUT2D eigenvalue weighted by molar-refractivity contribution is 5.83. The van der Waals surface area contributed by atoms with Gasteiger partial charge < -0.3 is 5.73 Å². The number of imidazole rings is 1. The fraction of sp³-hybridized carbons (Fsp3) is 0.167. The van der Waals surface area contributed by atoms with E-state index in [2.05, 4.69) is 6.58 Å². The van der Waals surface area contributed by atoms with Crippen LogP contribution >= 0.6 is 0 Å². The van der Waals surface area contributed by atoms with Crippen LogP contribution in [-0.2, 0) is 6.54 Å². The lowest BCUT2D eigenvalue weighted by Crippen LogP contribution is -2.28. The monoisotopic (exact) mass is 230 g/mol. The molecule has 5 heteroatoms. The average Bonchev–Trinajstić information content (AvgIpc) is 2.52. The van der Waals surface area contributed by atoms with E-state index in [1.807, 2.05) is 24.3 Å². The van der Waals surface area contributed by atoms with Gasteiger partial charge in [-0.05, 0) is 19.1 Å². The molecule has 0 fully saturated rings. The molecule has 2 rings (SSSR count). The van der Waals surface area contributed by atoms with Gasteiger partial charge in [0.1, 0.15) is 5.84 Å². The van der Waals surface area contributed by atoms with Crippen molar-refractivity contribution in [3.8, 4) is 0 Å². The summed E-state index contributed by atoms with van der Waals surface area (Å²) in [6, 6.07) is 7.39. The second-order valence-corrected chi connectivity index (χ2v) is 3.95. The lowest BCUT2D eigenvalue weighted by atomic mass is 10.3. The smallest absolute Gasteiger partial charge is 0.333 e. The first-order valence-corrected chi connectivity index (χ1v) is 5.21. The fourth-order valence-electron chi connectivity index (χ4n) is 1.90. The first kappa shape index (κ1) is 11.2. The predicted octanol–water partition coefficient (Wildman–Crippen LogP) is 1.23. The molecule has 0 atom stereocenters. The van der Waals surface area contributed by atoms with Gasteiger partial charge in [0.25, 0.3) is 0 Å². The van der Waals surface area contributed by atoms with Crippen molar-refractivity contribution in [1.82, 2.24) is 9.13 Å². The van der Waals surface area contributed by atoms with Crippen molar-refractivity contribution in [2.24, 2.45) is 5.73 Å². The van der Waals surface area contributed by atoms with E-state index in [0.29, 0.717) is 5.70 Å². The van der Waals surface area contributed by atoms with Crippen LogP contribution in [0.2, 0.25) is 0 Å². The molecule has 17 heavy (non-hydrogen) atoms. The molecule has 88 valence electrons. The SMILES string of the molecule is C=C(C)n1c(=O)n(CC(=N)N)c2ccccc21. The van der Waals surface area contributed by atoms with Gasteiger partial charge in [0.15, 0.2) is 0 Å². The van der Waals surface area contributed by atoms with Crippen LogP contribution in [0.15, 0.2) is 35.6 Å². The number of hydrogen-bond donors (Lipinski definition) is 2. The van der Waals surface area contributed by atoms with Gasteiger partial charge in [-0.3, -0.25) is 14.5 Å². The van der Waals surface area contributed by atoms with Gasteiger partial charge in [-0.15, -0.1) is 0 Å². The van der Waals surface area contributed by atoms with E-state index in [9.17, 15) is 4.79 Å². The van der Waals surface area contributed by atoms with Crippen LogP contribution in [0.5, 0.6) is 0 Å². The highest BCUT2D eigenvalue weighted by atomic mass is 16.1. The summed E-state index contributed by atoms with van der Waals surface area (Å²) in [5, 5.41) is 7.31. The summed E-state index contributed by atoms with van der Waals surface area (Å²) in [6.45, 7) is 5.66. The van der Waals surface area contributed by atoms with Crippen molar-refractivity contribution in [2.75, 3.05) is 0 Å². The molecule has 0 amide bonds. The third kappa shape index (κ3) is 1.75. The summed E-state index contributed by atoms with van der Waals surface area (Å²) in [4.78, 5) is 12.2. The van der Waals surface area contributed by atoms with Gasteiger partial charge in [-0.2, -0.15) is 0 Å². The van der Waals surface area contributed by atoms with Crippen molar-refractivity contribution < 1.29 is 0 Å². The topological polar surface area (TPSA) is 76.8 Å². The normalized spacial score (nSPS) is 10.6. The number of rotatable bonds is 3. The van der Waals surface area contributed by atoms with E-state index in [1.54, 1.807) is 6.92 Å². The second-order valence-electron chi connectivity index (χ2n) is 3.95. The Hall–Kier alpha value is -2.30. The number of aromatic nitrogens is 2. The van der Waals surface area contributed by atoms with Crippen molar-refractivity contribution in [3.63, 3.8) is 0 Å². The molecule has 5 nitrogen and oxygen atoms in total. The Bertz CT molecular complexity index is 663. The quantitative estimate of drug-likeness (QED) is 0.614. The number of fused-ring (bicyclic) bond motifs is 1. The van der Waals surface area contributed by atoms with Crippen LogP contribution in [0.25, 0.3) is 16.7 Å². The molecule has 1 heterocycles. The van der Waals surface area contributed by atoms with Gasteiger partial charge in [-0.25, -0.2) is 4.79 Å². The molecule has 3 N–H and O–H groups in total. The predicted molar refractivity (Wildman–Crippen MR) is 69.1 cm³/mol. The molecule has 1 aromatic carbocycles. The first-order chi connectivity index (χ1) is 8.02. The standard InChI is InChI=1S/C12H14N4O/c1-8(2)16-10-6-4-3-5-9(10)15(12(16)17)7-11(13)14/h3-6H,1,7H2,2H3,(H3,13,14).